The summed E-state index contributed by atoms with van der Waals surface area (Å²) in [7, 11) is 0. The molecular formula is C15H14ClNOS. The van der Waals surface area contributed by atoms with Crippen molar-refractivity contribution >= 4 is 29.1 Å². The van der Waals surface area contributed by atoms with Crippen LogP contribution in [0.15, 0.2) is 41.6 Å². The van der Waals surface area contributed by atoms with E-state index in [0.717, 1.165) is 16.7 Å². The molecule has 0 bridgehead atoms. The zero-order chi connectivity index (χ0) is 13.8. The maximum absolute atomic E-state index is 12.2. The average Bonchev–Trinajstić information content (AvgIpc) is 2.40. The van der Waals surface area contributed by atoms with Gasteiger partial charge in [0, 0.05) is 11.8 Å². The average molecular weight is 292 g/mol. The van der Waals surface area contributed by atoms with Gasteiger partial charge < -0.3 is 0 Å². The monoisotopic (exact) mass is 291 g/mol. The molecule has 1 aromatic carbocycles. The second-order valence-electron chi connectivity index (χ2n) is 4.32. The van der Waals surface area contributed by atoms with Gasteiger partial charge in [0.15, 0.2) is 5.78 Å². The van der Waals surface area contributed by atoms with E-state index < -0.39 is 0 Å². The molecule has 0 aliphatic heterocycles. The van der Waals surface area contributed by atoms with Gasteiger partial charge in [0.2, 0.25) is 0 Å². The number of halogens is 1. The molecule has 1 heterocycles. The van der Waals surface area contributed by atoms with Crippen molar-refractivity contribution in [1.82, 2.24) is 4.98 Å². The molecule has 0 N–H and O–H groups in total. The van der Waals surface area contributed by atoms with E-state index in [9.17, 15) is 4.79 Å². The molecule has 19 heavy (non-hydrogen) atoms. The molecule has 0 spiro atoms. The number of ketones is 1. The Balaban J connectivity index is 2.10. The van der Waals surface area contributed by atoms with Crippen LogP contribution in [0.25, 0.3) is 0 Å². The van der Waals surface area contributed by atoms with Crippen LogP contribution < -0.4 is 0 Å². The lowest BCUT2D eigenvalue weighted by atomic mass is 10.0. The first-order valence-electron chi connectivity index (χ1n) is 5.91. The molecular weight excluding hydrogens is 278 g/mol. The quantitative estimate of drug-likeness (QED) is 0.620. The number of Topliss-reactive ketones (excluding diaryl/α,β-unsaturated/α-hetero) is 1. The topological polar surface area (TPSA) is 30.0 Å². The molecule has 0 unspecified atom stereocenters. The lowest BCUT2D eigenvalue weighted by Crippen LogP contribution is -2.05. The van der Waals surface area contributed by atoms with Crippen molar-refractivity contribution in [2.45, 2.75) is 18.9 Å². The van der Waals surface area contributed by atoms with E-state index in [1.54, 1.807) is 18.3 Å². The third kappa shape index (κ3) is 3.58. The molecule has 0 saturated heterocycles. The summed E-state index contributed by atoms with van der Waals surface area (Å²) in [5.41, 5.74) is 2.87. The van der Waals surface area contributed by atoms with Crippen LogP contribution in [-0.2, 0) is 0 Å². The van der Waals surface area contributed by atoms with Crippen molar-refractivity contribution in [3.8, 4) is 0 Å². The first kappa shape index (κ1) is 14.1. The largest absolute Gasteiger partial charge is 0.293 e. The number of pyridine rings is 1. The van der Waals surface area contributed by atoms with E-state index in [-0.39, 0.29) is 5.78 Å². The van der Waals surface area contributed by atoms with Crippen LogP contribution in [0.3, 0.4) is 0 Å². The van der Waals surface area contributed by atoms with Gasteiger partial charge in [-0.2, -0.15) is 0 Å². The predicted octanol–water partition coefficient (Wildman–Crippen LogP) is 4.33. The molecule has 0 radical (unpaired) electrons. The number of aromatic nitrogens is 1. The predicted molar refractivity (Wildman–Crippen MR) is 80.2 cm³/mol. The molecule has 0 aliphatic rings. The molecule has 2 nitrogen and oxygen atoms in total. The first-order chi connectivity index (χ1) is 9.08. The lowest BCUT2D eigenvalue weighted by Gasteiger charge is -2.06. The Morgan fingerprint density at radius 2 is 2.11 bits per heavy atom. The smallest absolute Gasteiger partial charge is 0.173 e. The van der Waals surface area contributed by atoms with Gasteiger partial charge in [-0.25, -0.2) is 4.98 Å². The normalized spacial score (nSPS) is 10.5. The Morgan fingerprint density at radius 3 is 2.84 bits per heavy atom. The van der Waals surface area contributed by atoms with Crippen LogP contribution in [-0.4, -0.2) is 16.5 Å². The Kier molecular flexibility index (Phi) is 4.61. The minimum absolute atomic E-state index is 0.105. The van der Waals surface area contributed by atoms with Gasteiger partial charge in [-0.15, -0.1) is 0 Å². The van der Waals surface area contributed by atoms with Gasteiger partial charge in [-0.3, -0.25) is 4.79 Å². The Labute approximate surface area is 122 Å². The zero-order valence-corrected chi connectivity index (χ0v) is 12.4. The Hall–Kier alpha value is -1.32. The molecule has 0 fully saturated rings. The number of aryl methyl sites for hydroxylation is 2. The van der Waals surface area contributed by atoms with Gasteiger partial charge in [0.25, 0.3) is 0 Å². The highest BCUT2D eigenvalue weighted by Gasteiger charge is 2.11. The van der Waals surface area contributed by atoms with Crippen LogP contribution in [0.2, 0.25) is 5.02 Å². The van der Waals surface area contributed by atoms with Crippen molar-refractivity contribution in [2.75, 3.05) is 5.75 Å². The zero-order valence-electron chi connectivity index (χ0n) is 10.8. The van der Waals surface area contributed by atoms with Gasteiger partial charge in [0.05, 0.1) is 10.8 Å². The molecule has 0 amide bonds. The number of nitrogens with zero attached hydrogens (tertiary/aromatic N) is 1. The van der Waals surface area contributed by atoms with Gasteiger partial charge in [0.1, 0.15) is 5.03 Å². The molecule has 1 aromatic heterocycles. The van der Waals surface area contributed by atoms with E-state index in [4.69, 9.17) is 11.6 Å². The van der Waals surface area contributed by atoms with Crippen LogP contribution in [0, 0.1) is 13.8 Å². The van der Waals surface area contributed by atoms with Crippen molar-refractivity contribution in [1.29, 1.82) is 0 Å². The maximum atomic E-state index is 12.2. The summed E-state index contributed by atoms with van der Waals surface area (Å²) in [4.78, 5) is 16.4. The summed E-state index contributed by atoms with van der Waals surface area (Å²) in [6.07, 6.45) is 1.68. The van der Waals surface area contributed by atoms with Crippen LogP contribution in [0.1, 0.15) is 21.5 Å². The number of carbonyl (C=O) groups is 1. The minimum Gasteiger partial charge on any atom is -0.293 e. The number of hydrogen-bond acceptors (Lipinski definition) is 3. The van der Waals surface area contributed by atoms with E-state index in [2.05, 4.69) is 4.98 Å². The summed E-state index contributed by atoms with van der Waals surface area (Å²) in [6, 6.07) is 9.46. The summed E-state index contributed by atoms with van der Waals surface area (Å²) in [5.74, 6) is 0.453. The second-order valence-corrected chi connectivity index (χ2v) is 5.69. The third-order valence-electron chi connectivity index (χ3n) is 2.76. The van der Waals surface area contributed by atoms with E-state index in [0.29, 0.717) is 15.8 Å². The summed E-state index contributed by atoms with van der Waals surface area (Å²) in [5, 5.41) is 1.28. The first-order valence-corrected chi connectivity index (χ1v) is 7.28. The number of thioether (sulfide) groups is 1. The van der Waals surface area contributed by atoms with Crippen molar-refractivity contribution in [3.05, 3.63) is 58.2 Å². The number of benzene rings is 1. The van der Waals surface area contributed by atoms with Gasteiger partial charge in [-0.1, -0.05) is 41.1 Å². The van der Waals surface area contributed by atoms with Crippen LogP contribution in [0.5, 0.6) is 0 Å². The standard InChI is InChI=1S/C15H14ClNOS/c1-10-5-6-11(2)12(8-10)14(18)9-19-15-13(16)4-3-7-17-15/h3-8H,9H2,1-2H3. The maximum Gasteiger partial charge on any atom is 0.173 e. The van der Waals surface area contributed by atoms with E-state index in [1.807, 2.05) is 32.0 Å². The number of rotatable bonds is 4. The van der Waals surface area contributed by atoms with Crippen molar-refractivity contribution in [3.63, 3.8) is 0 Å². The van der Waals surface area contributed by atoms with Gasteiger partial charge >= 0.3 is 0 Å². The van der Waals surface area contributed by atoms with E-state index in [1.165, 1.54) is 11.8 Å². The number of hydrogen-bond donors (Lipinski definition) is 0. The number of carbonyl (C=O) groups excluding carboxylic acids is 1. The van der Waals surface area contributed by atoms with Gasteiger partial charge in [-0.05, 0) is 37.6 Å². The highest BCUT2D eigenvalue weighted by molar-refractivity contribution is 8.00. The summed E-state index contributed by atoms with van der Waals surface area (Å²) in [6.45, 7) is 3.93. The summed E-state index contributed by atoms with van der Waals surface area (Å²) >= 11 is 7.39. The van der Waals surface area contributed by atoms with Crippen LogP contribution in [0.4, 0.5) is 0 Å². The fraction of sp³-hybridized carbons (Fsp3) is 0.200. The SMILES string of the molecule is Cc1ccc(C)c(C(=O)CSc2ncccc2Cl)c1. The Morgan fingerprint density at radius 1 is 1.32 bits per heavy atom. The second kappa shape index (κ2) is 6.22. The van der Waals surface area contributed by atoms with Crippen molar-refractivity contribution < 1.29 is 4.79 Å². The fourth-order valence-electron chi connectivity index (χ4n) is 1.73. The highest BCUT2D eigenvalue weighted by Crippen LogP contribution is 2.25. The van der Waals surface area contributed by atoms with Crippen LogP contribution >= 0.6 is 23.4 Å². The molecule has 4 heteroatoms. The third-order valence-corrected chi connectivity index (χ3v) is 4.18. The molecule has 98 valence electrons. The van der Waals surface area contributed by atoms with E-state index >= 15 is 0 Å². The summed E-state index contributed by atoms with van der Waals surface area (Å²) < 4.78 is 0. The Bertz CT molecular complexity index is 613. The molecule has 2 rings (SSSR count). The van der Waals surface area contributed by atoms with Crippen molar-refractivity contribution in [2.24, 2.45) is 0 Å². The highest BCUT2D eigenvalue weighted by atomic mass is 35.5. The minimum atomic E-state index is 0.105. The molecule has 0 atom stereocenters. The molecule has 2 aromatic rings. The molecule has 0 saturated carbocycles. The lowest BCUT2D eigenvalue weighted by molar-refractivity contribution is 0.102. The fourth-order valence-corrected chi connectivity index (χ4v) is 2.78. The molecule has 0 aliphatic carbocycles.